The molecule has 0 saturated heterocycles. The van der Waals surface area contributed by atoms with Crippen LogP contribution in [0.3, 0.4) is 0 Å². The van der Waals surface area contributed by atoms with Crippen LogP contribution in [-0.2, 0) is 13.1 Å². The molecule has 2 nitrogen and oxygen atoms in total. The van der Waals surface area contributed by atoms with E-state index in [1.54, 1.807) is 11.3 Å². The van der Waals surface area contributed by atoms with Crippen molar-refractivity contribution in [2.75, 3.05) is 0 Å². The lowest BCUT2D eigenvalue weighted by Gasteiger charge is -2.11. The molecule has 0 fully saturated rings. The lowest BCUT2D eigenvalue weighted by Crippen LogP contribution is -2.12. The highest BCUT2D eigenvalue weighted by Crippen LogP contribution is 2.20. The Morgan fingerprint density at radius 3 is 2.79 bits per heavy atom. The lowest BCUT2D eigenvalue weighted by atomic mass is 10.2. The molecule has 102 valence electrons. The molecule has 2 rings (SSSR count). The van der Waals surface area contributed by atoms with Gasteiger partial charge in [0.15, 0.2) is 0 Å². The van der Waals surface area contributed by atoms with Crippen LogP contribution in [0.25, 0.3) is 0 Å². The Labute approximate surface area is 126 Å². The van der Waals surface area contributed by atoms with Crippen LogP contribution in [0.2, 0.25) is 0 Å². The van der Waals surface area contributed by atoms with Gasteiger partial charge in [-0.15, -0.1) is 11.3 Å². The third-order valence-electron chi connectivity index (χ3n) is 2.52. The van der Waals surface area contributed by atoms with E-state index in [1.807, 2.05) is 26.0 Å². The van der Waals surface area contributed by atoms with Crippen LogP contribution in [0, 0.1) is 0 Å². The molecule has 0 spiro atoms. The molecule has 1 N–H and O–H groups in total. The Bertz CT molecular complexity index is 524. The molecule has 0 aliphatic carbocycles. The van der Waals surface area contributed by atoms with Gasteiger partial charge >= 0.3 is 0 Å². The minimum absolute atomic E-state index is 0.215. The number of hydrogen-bond donors (Lipinski definition) is 1. The zero-order chi connectivity index (χ0) is 13.7. The van der Waals surface area contributed by atoms with Gasteiger partial charge in [-0.1, -0.05) is 12.1 Å². The molecule has 1 aromatic carbocycles. The molecule has 0 atom stereocenters. The van der Waals surface area contributed by atoms with Crippen LogP contribution in [0.15, 0.2) is 40.2 Å². The van der Waals surface area contributed by atoms with E-state index < -0.39 is 0 Å². The molecular formula is C15H18BrNOS. The highest BCUT2D eigenvalue weighted by molar-refractivity contribution is 9.10. The summed E-state index contributed by atoms with van der Waals surface area (Å²) in [5, 5.41) is 5.55. The quantitative estimate of drug-likeness (QED) is 0.831. The van der Waals surface area contributed by atoms with Crippen molar-refractivity contribution in [2.24, 2.45) is 0 Å². The third kappa shape index (κ3) is 4.97. The second-order valence-electron chi connectivity index (χ2n) is 4.65. The highest BCUT2D eigenvalue weighted by Gasteiger charge is 2.01. The van der Waals surface area contributed by atoms with Gasteiger partial charge in [0.1, 0.15) is 5.75 Å². The third-order valence-corrected chi connectivity index (χ3v) is 4.22. The van der Waals surface area contributed by atoms with E-state index in [9.17, 15) is 0 Å². The van der Waals surface area contributed by atoms with E-state index in [2.05, 4.69) is 44.8 Å². The Kier molecular flexibility index (Phi) is 5.43. The zero-order valence-corrected chi connectivity index (χ0v) is 13.6. The van der Waals surface area contributed by atoms with Gasteiger partial charge in [-0.25, -0.2) is 0 Å². The molecule has 1 heterocycles. The van der Waals surface area contributed by atoms with Gasteiger partial charge in [-0.05, 0) is 53.5 Å². The average molecular weight is 340 g/mol. The average Bonchev–Trinajstić information content (AvgIpc) is 2.75. The van der Waals surface area contributed by atoms with Crippen molar-refractivity contribution in [3.05, 3.63) is 50.6 Å². The number of thiophene rings is 1. The van der Waals surface area contributed by atoms with Crippen molar-refractivity contribution in [1.82, 2.24) is 5.32 Å². The minimum Gasteiger partial charge on any atom is -0.491 e. The van der Waals surface area contributed by atoms with E-state index >= 15 is 0 Å². The van der Waals surface area contributed by atoms with Gasteiger partial charge < -0.3 is 10.1 Å². The van der Waals surface area contributed by atoms with E-state index in [0.29, 0.717) is 0 Å². The number of benzene rings is 1. The number of rotatable bonds is 6. The molecule has 19 heavy (non-hydrogen) atoms. The summed E-state index contributed by atoms with van der Waals surface area (Å²) in [6.07, 6.45) is 0.215. The van der Waals surface area contributed by atoms with Crippen LogP contribution in [0.4, 0.5) is 0 Å². The van der Waals surface area contributed by atoms with Crippen LogP contribution >= 0.6 is 27.3 Å². The van der Waals surface area contributed by atoms with Crippen molar-refractivity contribution in [3.63, 3.8) is 0 Å². The molecule has 0 bridgehead atoms. The summed E-state index contributed by atoms with van der Waals surface area (Å²) in [7, 11) is 0. The highest BCUT2D eigenvalue weighted by atomic mass is 79.9. The maximum Gasteiger partial charge on any atom is 0.120 e. The molecule has 2 aromatic rings. The Balaban J connectivity index is 1.85. The van der Waals surface area contributed by atoms with E-state index in [4.69, 9.17) is 4.74 Å². The lowest BCUT2D eigenvalue weighted by molar-refractivity contribution is 0.242. The van der Waals surface area contributed by atoms with E-state index in [-0.39, 0.29) is 6.10 Å². The predicted octanol–water partition coefficient (Wildman–Crippen LogP) is 4.59. The summed E-state index contributed by atoms with van der Waals surface area (Å²) in [5.41, 5.74) is 1.24. The molecule has 0 saturated carbocycles. The van der Waals surface area contributed by atoms with Crippen molar-refractivity contribution in [1.29, 1.82) is 0 Å². The number of ether oxygens (including phenoxy) is 1. The van der Waals surface area contributed by atoms with Crippen LogP contribution in [-0.4, -0.2) is 6.10 Å². The predicted molar refractivity (Wildman–Crippen MR) is 84.8 cm³/mol. The Morgan fingerprint density at radius 1 is 1.26 bits per heavy atom. The standard InChI is InChI=1S/C15H18BrNOS/c1-11(2)18-14-5-3-4-12(6-14)8-17-9-15-7-13(16)10-19-15/h3-7,10-11,17H,8-9H2,1-2H3. The second-order valence-corrected chi connectivity index (χ2v) is 6.56. The fraction of sp³-hybridized carbons (Fsp3) is 0.333. The Morgan fingerprint density at radius 2 is 2.11 bits per heavy atom. The first-order valence-electron chi connectivity index (χ1n) is 6.32. The van der Waals surface area contributed by atoms with Gasteiger partial charge in [0, 0.05) is 27.8 Å². The maximum absolute atomic E-state index is 5.69. The van der Waals surface area contributed by atoms with E-state index in [0.717, 1.165) is 23.3 Å². The smallest absolute Gasteiger partial charge is 0.120 e. The van der Waals surface area contributed by atoms with Gasteiger partial charge in [0.25, 0.3) is 0 Å². The molecule has 0 amide bonds. The zero-order valence-electron chi connectivity index (χ0n) is 11.2. The Hall–Kier alpha value is -0.840. The molecule has 1 aromatic heterocycles. The molecule has 0 aliphatic heterocycles. The number of halogens is 1. The normalized spacial score (nSPS) is 10.9. The van der Waals surface area contributed by atoms with Gasteiger partial charge in [-0.3, -0.25) is 0 Å². The summed E-state index contributed by atoms with van der Waals surface area (Å²) in [5.74, 6) is 0.938. The van der Waals surface area contributed by atoms with Crippen molar-refractivity contribution in [2.45, 2.75) is 33.0 Å². The first-order chi connectivity index (χ1) is 9.13. The topological polar surface area (TPSA) is 21.3 Å². The summed E-state index contributed by atoms with van der Waals surface area (Å²) in [6.45, 7) is 5.83. The van der Waals surface area contributed by atoms with Gasteiger partial charge in [0.05, 0.1) is 6.10 Å². The largest absolute Gasteiger partial charge is 0.491 e. The van der Waals surface area contributed by atoms with E-state index in [1.165, 1.54) is 10.4 Å². The molecule has 4 heteroatoms. The fourth-order valence-electron chi connectivity index (χ4n) is 1.78. The van der Waals surface area contributed by atoms with Crippen molar-refractivity contribution >= 4 is 27.3 Å². The first-order valence-corrected chi connectivity index (χ1v) is 8.00. The summed E-state index contributed by atoms with van der Waals surface area (Å²) in [6, 6.07) is 10.4. The summed E-state index contributed by atoms with van der Waals surface area (Å²) in [4.78, 5) is 1.33. The molecule has 0 radical (unpaired) electrons. The minimum atomic E-state index is 0.215. The number of nitrogens with one attached hydrogen (secondary N) is 1. The summed E-state index contributed by atoms with van der Waals surface area (Å²) >= 11 is 5.23. The second kappa shape index (κ2) is 7.08. The van der Waals surface area contributed by atoms with Crippen LogP contribution in [0.1, 0.15) is 24.3 Å². The van der Waals surface area contributed by atoms with Crippen molar-refractivity contribution < 1.29 is 4.74 Å². The maximum atomic E-state index is 5.69. The fourth-order valence-corrected chi connectivity index (χ4v) is 3.20. The monoisotopic (exact) mass is 339 g/mol. The molecular weight excluding hydrogens is 322 g/mol. The first kappa shape index (κ1) is 14.6. The van der Waals surface area contributed by atoms with Crippen LogP contribution < -0.4 is 10.1 Å². The van der Waals surface area contributed by atoms with Crippen LogP contribution in [0.5, 0.6) is 5.75 Å². The summed E-state index contributed by atoms with van der Waals surface area (Å²) < 4.78 is 6.85. The molecule has 0 aliphatic rings. The number of hydrogen-bond acceptors (Lipinski definition) is 3. The molecule has 0 unspecified atom stereocenters. The SMILES string of the molecule is CC(C)Oc1cccc(CNCc2cc(Br)cs2)c1. The van der Waals surface area contributed by atoms with Crippen molar-refractivity contribution in [3.8, 4) is 5.75 Å². The van der Waals surface area contributed by atoms with Gasteiger partial charge in [0.2, 0.25) is 0 Å². The van der Waals surface area contributed by atoms with Gasteiger partial charge in [-0.2, -0.15) is 0 Å².